The van der Waals surface area contributed by atoms with Gasteiger partial charge in [0.1, 0.15) is 5.75 Å². The van der Waals surface area contributed by atoms with Crippen molar-refractivity contribution in [1.29, 1.82) is 0 Å². The molecule has 5 nitrogen and oxygen atoms in total. The molecule has 3 rings (SSSR count). The topological polar surface area (TPSA) is 64.9 Å². The zero-order chi connectivity index (χ0) is 22.5. The van der Waals surface area contributed by atoms with Crippen LogP contribution in [0.1, 0.15) is 60.7 Å². The fraction of sp³-hybridized carbons (Fsp3) is 0.308. The van der Waals surface area contributed by atoms with Crippen molar-refractivity contribution in [3.63, 3.8) is 0 Å². The molecule has 2 aliphatic carbocycles. The molecule has 1 aromatic carbocycles. The van der Waals surface area contributed by atoms with Crippen molar-refractivity contribution in [2.45, 2.75) is 40.5 Å². The quantitative estimate of drug-likeness (QED) is 0.392. The van der Waals surface area contributed by atoms with Crippen molar-refractivity contribution < 1.29 is 9.90 Å². The predicted molar refractivity (Wildman–Crippen MR) is 129 cm³/mol. The molecule has 1 aromatic rings. The van der Waals surface area contributed by atoms with Gasteiger partial charge >= 0.3 is 0 Å². The van der Waals surface area contributed by atoms with Crippen molar-refractivity contribution in [1.82, 2.24) is 5.43 Å². The number of carbonyl (C=O) groups is 1. The van der Waals surface area contributed by atoms with Gasteiger partial charge in [0.15, 0.2) is 0 Å². The van der Waals surface area contributed by atoms with Crippen molar-refractivity contribution in [3.05, 3.63) is 70.8 Å². The molecule has 0 saturated carbocycles. The molecule has 0 spiro atoms. The smallest absolute Gasteiger partial charge is 0.272 e. The lowest BCUT2D eigenvalue weighted by atomic mass is 10.0. The number of benzene rings is 1. The van der Waals surface area contributed by atoms with Crippen LogP contribution in [-0.4, -0.2) is 30.3 Å². The predicted octanol–water partition coefficient (Wildman–Crippen LogP) is 5.54. The van der Waals surface area contributed by atoms with Crippen LogP contribution >= 0.6 is 0 Å². The van der Waals surface area contributed by atoms with Crippen molar-refractivity contribution in [2.75, 3.05) is 18.0 Å². The van der Waals surface area contributed by atoms with Gasteiger partial charge in [0.05, 0.1) is 6.21 Å². The molecule has 2 aliphatic rings. The van der Waals surface area contributed by atoms with Crippen LogP contribution in [0.4, 0.5) is 5.69 Å². The van der Waals surface area contributed by atoms with Gasteiger partial charge in [-0.3, -0.25) is 4.79 Å². The number of phenols is 1. The third-order valence-corrected chi connectivity index (χ3v) is 5.65. The van der Waals surface area contributed by atoms with Crippen LogP contribution in [0.3, 0.4) is 0 Å². The van der Waals surface area contributed by atoms with Gasteiger partial charge in [0, 0.05) is 36.0 Å². The van der Waals surface area contributed by atoms with Crippen LogP contribution in [0, 0.1) is 6.92 Å². The lowest BCUT2D eigenvalue weighted by molar-refractivity contribution is 0.0956. The van der Waals surface area contributed by atoms with Gasteiger partial charge < -0.3 is 10.0 Å². The number of phenolic OH excluding ortho intramolecular Hbond substituents is 1. The minimum absolute atomic E-state index is 0.130. The summed E-state index contributed by atoms with van der Waals surface area (Å²) in [4.78, 5) is 15.0. The first-order chi connectivity index (χ1) is 14.8. The number of hydrogen-bond acceptors (Lipinski definition) is 4. The van der Waals surface area contributed by atoms with E-state index in [0.717, 1.165) is 35.5 Å². The summed E-state index contributed by atoms with van der Waals surface area (Å²) in [6.45, 7) is 12.2. The summed E-state index contributed by atoms with van der Waals surface area (Å²) < 4.78 is 0. The van der Waals surface area contributed by atoms with Gasteiger partial charge in [-0.25, -0.2) is 5.43 Å². The molecular formula is C26H31N3O2. The minimum atomic E-state index is -0.269. The summed E-state index contributed by atoms with van der Waals surface area (Å²) in [5.41, 5.74) is 8.93. The largest absolute Gasteiger partial charge is 0.507 e. The van der Waals surface area contributed by atoms with E-state index in [1.807, 2.05) is 31.2 Å². The number of anilines is 1. The Balaban J connectivity index is 1.81. The average Bonchev–Trinajstić information content (AvgIpc) is 2.91. The molecule has 0 radical (unpaired) electrons. The van der Waals surface area contributed by atoms with E-state index in [0.29, 0.717) is 17.0 Å². The molecule has 0 aliphatic heterocycles. The Kier molecular flexibility index (Phi) is 6.95. The molecule has 0 unspecified atom stereocenters. The number of nitrogens with zero attached hydrogens (tertiary/aromatic N) is 2. The van der Waals surface area contributed by atoms with Crippen molar-refractivity contribution in [3.8, 4) is 16.9 Å². The number of carbonyl (C=O) groups excluding carboxylic acids is 1. The summed E-state index contributed by atoms with van der Waals surface area (Å²) in [7, 11) is 0. The summed E-state index contributed by atoms with van der Waals surface area (Å²) in [6, 6.07) is 15.6. The molecule has 0 heterocycles. The number of hydrogen-bond donors (Lipinski definition) is 2. The molecule has 5 heteroatoms. The third-order valence-electron chi connectivity index (χ3n) is 5.65. The first kappa shape index (κ1) is 22.3. The number of amides is 1. The van der Waals surface area contributed by atoms with E-state index in [9.17, 15) is 9.90 Å². The van der Waals surface area contributed by atoms with Crippen molar-refractivity contribution >= 4 is 17.8 Å². The molecule has 1 amide bonds. The second-order valence-corrected chi connectivity index (χ2v) is 8.01. The highest BCUT2D eigenvalue weighted by molar-refractivity contribution is 6.03. The highest BCUT2D eigenvalue weighted by Crippen LogP contribution is 2.33. The van der Waals surface area contributed by atoms with E-state index in [2.05, 4.69) is 55.3 Å². The molecular weight excluding hydrogens is 386 g/mol. The van der Waals surface area contributed by atoms with E-state index in [4.69, 9.17) is 0 Å². The Morgan fingerprint density at radius 1 is 1.10 bits per heavy atom. The summed E-state index contributed by atoms with van der Waals surface area (Å²) in [5, 5.41) is 14.4. The fourth-order valence-corrected chi connectivity index (χ4v) is 3.77. The molecule has 2 N–H and O–H groups in total. The van der Waals surface area contributed by atoms with Crippen molar-refractivity contribution in [2.24, 2.45) is 5.10 Å². The van der Waals surface area contributed by atoms with Gasteiger partial charge in [-0.15, -0.1) is 0 Å². The molecule has 0 bridgehead atoms. The third kappa shape index (κ3) is 4.88. The van der Waals surface area contributed by atoms with Crippen LogP contribution in [0.2, 0.25) is 0 Å². The average molecular weight is 418 g/mol. The Morgan fingerprint density at radius 3 is 2.48 bits per heavy atom. The Labute approximate surface area is 184 Å². The number of aromatic hydroxyl groups is 1. The summed E-state index contributed by atoms with van der Waals surface area (Å²) in [6.07, 6.45) is 1.47. The van der Waals surface area contributed by atoms with E-state index in [1.165, 1.54) is 11.8 Å². The highest BCUT2D eigenvalue weighted by atomic mass is 16.3. The van der Waals surface area contributed by atoms with Gasteiger partial charge in [0.25, 0.3) is 5.91 Å². The van der Waals surface area contributed by atoms with E-state index >= 15 is 0 Å². The first-order valence-electron chi connectivity index (χ1n) is 10.8. The number of aryl methyl sites for hydroxylation is 1. The Bertz CT molecular complexity index is 1070. The van der Waals surface area contributed by atoms with Crippen LogP contribution in [0.5, 0.6) is 5.75 Å². The lowest BCUT2D eigenvalue weighted by Crippen LogP contribution is -2.21. The monoisotopic (exact) mass is 417 g/mol. The molecule has 162 valence electrons. The lowest BCUT2D eigenvalue weighted by Gasteiger charge is -2.21. The molecule has 31 heavy (non-hydrogen) atoms. The Morgan fingerprint density at radius 2 is 1.84 bits per heavy atom. The molecule has 0 atom stereocenters. The molecule has 0 aromatic heterocycles. The minimum Gasteiger partial charge on any atom is -0.507 e. The van der Waals surface area contributed by atoms with Gasteiger partial charge in [0.2, 0.25) is 0 Å². The number of fused-ring (bicyclic) bond motifs is 1. The Hall–Kier alpha value is -3.34. The standard InChI is InChI=1S/C26H31N3O2/c1-6-29(7-2)21-12-11-20(25(30)15-21)16-27-28-26(31)24-13-18(5)22-10-8-9-19(17(3)4)14-23(22)24/h8-17,30H,6-7H2,1-5H3,(H,28,31)/b27-16+. The zero-order valence-corrected chi connectivity index (χ0v) is 18.9. The maximum absolute atomic E-state index is 12.9. The van der Waals surface area contributed by atoms with E-state index in [1.54, 1.807) is 12.1 Å². The summed E-state index contributed by atoms with van der Waals surface area (Å²) >= 11 is 0. The summed E-state index contributed by atoms with van der Waals surface area (Å²) in [5.74, 6) is 0.224. The second-order valence-electron chi connectivity index (χ2n) is 8.01. The second kappa shape index (κ2) is 9.65. The van der Waals surface area contributed by atoms with Gasteiger partial charge in [-0.1, -0.05) is 38.1 Å². The van der Waals surface area contributed by atoms with Gasteiger partial charge in [-0.05, 0) is 67.1 Å². The normalized spacial score (nSPS) is 11.4. The van der Waals surface area contributed by atoms with E-state index < -0.39 is 0 Å². The first-order valence-corrected chi connectivity index (χ1v) is 10.8. The number of hydrazone groups is 1. The van der Waals surface area contributed by atoms with Crippen LogP contribution in [0.25, 0.3) is 11.1 Å². The van der Waals surface area contributed by atoms with Crippen LogP contribution in [0.15, 0.2) is 53.6 Å². The van der Waals surface area contributed by atoms with Gasteiger partial charge in [-0.2, -0.15) is 5.10 Å². The zero-order valence-electron chi connectivity index (χ0n) is 18.9. The number of rotatable bonds is 7. The highest BCUT2D eigenvalue weighted by Gasteiger charge is 2.18. The maximum atomic E-state index is 12.9. The molecule has 0 saturated heterocycles. The SMILES string of the molecule is CCN(CC)c1ccc(/C=N/NC(=O)c2cc(C)c3cccc(C(C)C)cc2-3)c(O)c1. The van der Waals surface area contributed by atoms with E-state index in [-0.39, 0.29) is 11.7 Å². The van der Waals surface area contributed by atoms with Crippen LogP contribution < -0.4 is 10.3 Å². The number of nitrogens with one attached hydrogen (secondary N) is 1. The maximum Gasteiger partial charge on any atom is 0.272 e. The molecule has 0 fully saturated rings. The van der Waals surface area contributed by atoms with Crippen LogP contribution in [-0.2, 0) is 0 Å². The fourth-order valence-electron chi connectivity index (χ4n) is 3.77.